The van der Waals surface area contributed by atoms with E-state index >= 15 is 0 Å². The smallest absolute Gasteiger partial charge is 0.325 e. The third-order valence-electron chi connectivity index (χ3n) is 2.05. The van der Waals surface area contributed by atoms with Crippen LogP contribution in [0.15, 0.2) is 0 Å². The molecule has 0 aliphatic rings. The summed E-state index contributed by atoms with van der Waals surface area (Å²) in [4.78, 5) is 36.2. The van der Waals surface area contributed by atoms with Gasteiger partial charge in [0.05, 0.1) is 0 Å². The zero-order valence-corrected chi connectivity index (χ0v) is 9.85. The summed E-state index contributed by atoms with van der Waals surface area (Å²) in [6.07, 6.45) is 0. The molecular formula is C10H15N3O4. The lowest BCUT2D eigenvalue weighted by molar-refractivity contribution is -0.141. The van der Waals surface area contributed by atoms with Crippen LogP contribution >= 0.6 is 0 Å². The van der Waals surface area contributed by atoms with E-state index in [1.807, 2.05) is 0 Å². The third kappa shape index (κ3) is 4.97. The maximum atomic E-state index is 11.4. The van der Waals surface area contributed by atoms with Crippen molar-refractivity contribution in [3.05, 3.63) is 11.4 Å². The monoisotopic (exact) mass is 241 g/mol. The molecule has 2 amide bonds. The summed E-state index contributed by atoms with van der Waals surface area (Å²) < 4.78 is 0. The Labute approximate surface area is 99.0 Å². The molecule has 0 heterocycles. The van der Waals surface area contributed by atoms with Crippen molar-refractivity contribution in [3.63, 3.8) is 0 Å². The number of carboxylic acids is 1. The molecule has 0 aromatic heterocycles. The van der Waals surface area contributed by atoms with E-state index in [0.717, 1.165) is 0 Å². The molecule has 0 fully saturated rings. The summed E-state index contributed by atoms with van der Waals surface area (Å²) in [5, 5.41) is 13.1. The number of amides is 2. The SMILES string of the molecule is [C-]#[N+][C@@H](C)C(=O)N[C@@H](C)C(=O)N[C@@H](C)C(=O)O. The van der Waals surface area contributed by atoms with Gasteiger partial charge in [0, 0.05) is 6.92 Å². The largest absolute Gasteiger partial charge is 0.480 e. The lowest BCUT2D eigenvalue weighted by Gasteiger charge is -2.15. The molecule has 94 valence electrons. The molecular weight excluding hydrogens is 226 g/mol. The number of carbonyl (C=O) groups is 3. The molecule has 3 atom stereocenters. The first-order valence-electron chi connectivity index (χ1n) is 4.99. The fourth-order valence-electron chi connectivity index (χ4n) is 0.858. The fourth-order valence-corrected chi connectivity index (χ4v) is 0.858. The molecule has 0 bridgehead atoms. The maximum absolute atomic E-state index is 11.4. The van der Waals surface area contributed by atoms with Crippen LogP contribution in [0.4, 0.5) is 0 Å². The van der Waals surface area contributed by atoms with Gasteiger partial charge in [-0.1, -0.05) is 0 Å². The van der Waals surface area contributed by atoms with Gasteiger partial charge in [0.1, 0.15) is 12.1 Å². The quantitative estimate of drug-likeness (QED) is 0.559. The summed E-state index contributed by atoms with van der Waals surface area (Å²) >= 11 is 0. The summed E-state index contributed by atoms with van der Waals surface area (Å²) in [7, 11) is 0. The highest BCUT2D eigenvalue weighted by atomic mass is 16.4. The molecule has 0 saturated heterocycles. The fraction of sp³-hybridized carbons (Fsp3) is 0.600. The second kappa shape index (κ2) is 6.48. The standard InChI is InChI=1S/C10H15N3O4/c1-5(11-4)8(14)12-6(2)9(15)13-7(3)10(16)17/h5-7H,1-3H3,(H,12,14)(H,13,15)(H,16,17)/t5-,6-,7-/m0/s1. The van der Waals surface area contributed by atoms with Crippen molar-refractivity contribution < 1.29 is 19.5 Å². The van der Waals surface area contributed by atoms with Gasteiger partial charge in [-0.05, 0) is 13.8 Å². The van der Waals surface area contributed by atoms with E-state index in [2.05, 4.69) is 15.5 Å². The second-order valence-electron chi connectivity index (χ2n) is 3.60. The second-order valence-corrected chi connectivity index (χ2v) is 3.60. The van der Waals surface area contributed by atoms with Crippen LogP contribution in [0.25, 0.3) is 4.85 Å². The van der Waals surface area contributed by atoms with E-state index in [1.165, 1.54) is 20.8 Å². The maximum Gasteiger partial charge on any atom is 0.325 e. The van der Waals surface area contributed by atoms with Crippen molar-refractivity contribution in [1.82, 2.24) is 10.6 Å². The van der Waals surface area contributed by atoms with E-state index in [9.17, 15) is 14.4 Å². The normalized spacial score (nSPS) is 14.9. The summed E-state index contributed by atoms with van der Waals surface area (Å²) in [6, 6.07) is -2.78. The van der Waals surface area contributed by atoms with Gasteiger partial charge in [-0.15, -0.1) is 0 Å². The Kier molecular flexibility index (Phi) is 5.68. The molecule has 0 rings (SSSR count). The Morgan fingerprint density at radius 3 is 1.94 bits per heavy atom. The molecule has 0 aromatic rings. The van der Waals surface area contributed by atoms with E-state index in [0.29, 0.717) is 0 Å². The van der Waals surface area contributed by atoms with Crippen LogP contribution in [-0.4, -0.2) is 41.0 Å². The van der Waals surface area contributed by atoms with Crippen LogP contribution in [0, 0.1) is 6.57 Å². The molecule has 0 radical (unpaired) electrons. The number of aliphatic carboxylic acids is 1. The number of rotatable bonds is 5. The molecule has 0 saturated carbocycles. The van der Waals surface area contributed by atoms with E-state index < -0.39 is 35.9 Å². The lowest BCUT2D eigenvalue weighted by Crippen LogP contribution is -2.50. The predicted molar refractivity (Wildman–Crippen MR) is 58.9 cm³/mol. The number of carboxylic acid groups (broad SMARTS) is 1. The molecule has 0 aliphatic carbocycles. The van der Waals surface area contributed by atoms with Gasteiger partial charge >= 0.3 is 11.9 Å². The average Bonchev–Trinajstić information content (AvgIpc) is 2.27. The first kappa shape index (κ1) is 14.9. The van der Waals surface area contributed by atoms with Crippen LogP contribution in [-0.2, 0) is 14.4 Å². The van der Waals surface area contributed by atoms with Crippen LogP contribution < -0.4 is 10.6 Å². The minimum Gasteiger partial charge on any atom is -0.480 e. The number of carbonyl (C=O) groups excluding carboxylic acids is 2. The molecule has 3 N–H and O–H groups in total. The first-order chi connectivity index (χ1) is 7.79. The molecule has 0 unspecified atom stereocenters. The van der Waals surface area contributed by atoms with E-state index in [1.54, 1.807) is 0 Å². The van der Waals surface area contributed by atoms with Gasteiger partial charge in [-0.3, -0.25) is 14.4 Å². The number of hydrogen-bond donors (Lipinski definition) is 3. The highest BCUT2D eigenvalue weighted by molar-refractivity contribution is 5.91. The molecule has 0 aliphatic heterocycles. The number of nitrogens with zero attached hydrogens (tertiary/aromatic N) is 1. The lowest BCUT2D eigenvalue weighted by atomic mass is 10.2. The molecule has 0 spiro atoms. The number of hydrogen-bond acceptors (Lipinski definition) is 3. The van der Waals surface area contributed by atoms with Crippen LogP contribution in [0.5, 0.6) is 0 Å². The van der Waals surface area contributed by atoms with Crippen LogP contribution in [0.2, 0.25) is 0 Å². The first-order valence-corrected chi connectivity index (χ1v) is 4.99. The minimum absolute atomic E-state index is 0.564. The summed E-state index contributed by atoms with van der Waals surface area (Å²) in [5.74, 6) is -2.33. The third-order valence-corrected chi connectivity index (χ3v) is 2.05. The Balaban J connectivity index is 4.29. The zero-order valence-electron chi connectivity index (χ0n) is 9.85. The average molecular weight is 241 g/mol. The van der Waals surface area contributed by atoms with Crippen molar-refractivity contribution >= 4 is 17.8 Å². The Bertz CT molecular complexity index is 361. The number of nitrogens with one attached hydrogen (secondary N) is 2. The van der Waals surface area contributed by atoms with Gasteiger partial charge in [0.15, 0.2) is 0 Å². The Morgan fingerprint density at radius 2 is 1.53 bits per heavy atom. The van der Waals surface area contributed by atoms with Gasteiger partial charge in [-0.25, -0.2) is 6.57 Å². The Hall–Kier alpha value is -2.10. The van der Waals surface area contributed by atoms with E-state index in [-0.39, 0.29) is 0 Å². The van der Waals surface area contributed by atoms with Crippen molar-refractivity contribution in [2.24, 2.45) is 0 Å². The van der Waals surface area contributed by atoms with Crippen LogP contribution in [0.1, 0.15) is 20.8 Å². The van der Waals surface area contributed by atoms with Gasteiger partial charge in [0.2, 0.25) is 5.91 Å². The van der Waals surface area contributed by atoms with Crippen molar-refractivity contribution in [2.45, 2.75) is 38.9 Å². The predicted octanol–water partition coefficient (Wildman–Crippen LogP) is -0.612. The molecule has 17 heavy (non-hydrogen) atoms. The zero-order chi connectivity index (χ0) is 13.6. The van der Waals surface area contributed by atoms with Gasteiger partial charge in [-0.2, -0.15) is 0 Å². The highest BCUT2D eigenvalue weighted by Crippen LogP contribution is 1.92. The van der Waals surface area contributed by atoms with Crippen LogP contribution in [0.3, 0.4) is 0 Å². The molecule has 7 nitrogen and oxygen atoms in total. The van der Waals surface area contributed by atoms with Crippen molar-refractivity contribution in [3.8, 4) is 0 Å². The van der Waals surface area contributed by atoms with Gasteiger partial charge < -0.3 is 20.6 Å². The summed E-state index contributed by atoms with van der Waals surface area (Å²) in [5.41, 5.74) is 0. The van der Waals surface area contributed by atoms with Crippen molar-refractivity contribution in [2.75, 3.05) is 0 Å². The summed E-state index contributed by atoms with van der Waals surface area (Å²) in [6.45, 7) is 10.8. The van der Waals surface area contributed by atoms with Crippen molar-refractivity contribution in [1.29, 1.82) is 0 Å². The molecule has 0 aromatic carbocycles. The Morgan fingerprint density at radius 1 is 1.06 bits per heavy atom. The highest BCUT2D eigenvalue weighted by Gasteiger charge is 2.24. The van der Waals surface area contributed by atoms with Gasteiger partial charge in [0.25, 0.3) is 6.04 Å². The minimum atomic E-state index is -1.16. The van der Waals surface area contributed by atoms with E-state index in [4.69, 9.17) is 11.7 Å². The topological polar surface area (TPSA) is 99.9 Å². The molecule has 7 heteroatoms.